The molecule has 0 bridgehead atoms. The van der Waals surface area contributed by atoms with E-state index in [9.17, 15) is 4.79 Å². The molecule has 1 N–H and O–H groups in total. The van der Waals surface area contributed by atoms with E-state index in [1.807, 2.05) is 18.2 Å². The lowest BCUT2D eigenvalue weighted by Gasteiger charge is -2.39. The van der Waals surface area contributed by atoms with Gasteiger partial charge in [0, 0.05) is 18.5 Å². The molecular formula is C23H36N2O2. The molecule has 1 amide bonds. The number of benzene rings is 1. The summed E-state index contributed by atoms with van der Waals surface area (Å²) in [6.07, 6.45) is 10.8. The van der Waals surface area contributed by atoms with Gasteiger partial charge < -0.3 is 15.0 Å². The van der Waals surface area contributed by atoms with Crippen molar-refractivity contribution in [3.05, 3.63) is 29.8 Å². The fraction of sp³-hybridized carbons (Fsp3) is 0.696. The number of methoxy groups -OCH3 is 1. The Hall–Kier alpha value is -1.55. The Labute approximate surface area is 164 Å². The molecule has 0 radical (unpaired) electrons. The molecule has 0 aromatic heterocycles. The minimum atomic E-state index is 0.121. The molecule has 1 aliphatic heterocycles. The number of piperidine rings is 1. The first-order chi connectivity index (χ1) is 13.2. The molecule has 1 aromatic carbocycles. The van der Waals surface area contributed by atoms with Crippen molar-refractivity contribution in [1.82, 2.24) is 10.2 Å². The molecule has 1 saturated heterocycles. The predicted molar refractivity (Wildman–Crippen MR) is 110 cm³/mol. The van der Waals surface area contributed by atoms with E-state index in [4.69, 9.17) is 4.74 Å². The van der Waals surface area contributed by atoms with Gasteiger partial charge in [-0.25, -0.2) is 0 Å². The van der Waals surface area contributed by atoms with Crippen LogP contribution in [0.15, 0.2) is 24.3 Å². The summed E-state index contributed by atoms with van der Waals surface area (Å²) in [7, 11) is 1.70. The van der Waals surface area contributed by atoms with Gasteiger partial charge in [-0.2, -0.15) is 0 Å². The van der Waals surface area contributed by atoms with Crippen molar-refractivity contribution in [2.75, 3.05) is 20.2 Å². The number of carbonyl (C=O) groups is 1. The smallest absolute Gasteiger partial charge is 0.220 e. The Balaban J connectivity index is 1.39. The number of hydrogen-bond acceptors (Lipinski definition) is 3. The van der Waals surface area contributed by atoms with Crippen molar-refractivity contribution in [1.29, 1.82) is 0 Å². The number of carbonyl (C=O) groups excluding carboxylic acids is 1. The third-order valence-electron chi connectivity index (χ3n) is 6.34. The normalized spacial score (nSPS) is 21.0. The zero-order chi connectivity index (χ0) is 19.1. The highest BCUT2D eigenvalue weighted by Gasteiger charge is 2.27. The predicted octanol–water partition coefficient (Wildman–Crippen LogP) is 4.18. The van der Waals surface area contributed by atoms with E-state index in [2.05, 4.69) is 23.2 Å². The highest BCUT2D eigenvalue weighted by molar-refractivity contribution is 5.76. The quantitative estimate of drug-likeness (QED) is 0.781. The van der Waals surface area contributed by atoms with Gasteiger partial charge in [0.05, 0.1) is 7.11 Å². The monoisotopic (exact) mass is 372 g/mol. The minimum Gasteiger partial charge on any atom is -0.496 e. The molecule has 4 nitrogen and oxygen atoms in total. The molecule has 3 rings (SSSR count). The average Bonchev–Trinajstić information content (AvgIpc) is 2.69. The maximum Gasteiger partial charge on any atom is 0.220 e. The van der Waals surface area contributed by atoms with Crippen LogP contribution in [0, 0.1) is 5.92 Å². The first-order valence-electron chi connectivity index (χ1n) is 10.8. The molecule has 1 atom stereocenters. The lowest BCUT2D eigenvalue weighted by Crippen LogP contribution is -2.43. The summed E-state index contributed by atoms with van der Waals surface area (Å²) in [6, 6.07) is 8.98. The summed E-state index contributed by atoms with van der Waals surface area (Å²) in [6.45, 7) is 4.44. The number of likely N-dealkylation sites (tertiary alicyclic amines) is 1. The number of amides is 1. The maximum atomic E-state index is 12.5. The standard InChI is InChI=1S/C23H36N2O2/c1-18(16-20-8-6-7-11-22(20)27-2)24-23(26)17-19-12-14-25(15-13-19)21-9-4-3-5-10-21/h6-8,11,18-19,21H,3-5,9-10,12-17H2,1-2H3,(H,24,26)/t18-/m1/s1. The summed E-state index contributed by atoms with van der Waals surface area (Å²) in [4.78, 5) is 15.2. The second kappa shape index (κ2) is 10.1. The lowest BCUT2D eigenvalue weighted by molar-refractivity contribution is -0.123. The lowest BCUT2D eigenvalue weighted by atomic mass is 9.88. The minimum absolute atomic E-state index is 0.121. The van der Waals surface area contributed by atoms with E-state index in [0.717, 1.165) is 23.8 Å². The molecule has 1 heterocycles. The Morgan fingerprint density at radius 1 is 1.15 bits per heavy atom. The van der Waals surface area contributed by atoms with Crippen LogP contribution in [-0.2, 0) is 11.2 Å². The van der Waals surface area contributed by atoms with Gasteiger partial charge in [0.25, 0.3) is 0 Å². The summed E-state index contributed by atoms with van der Waals surface area (Å²) in [5, 5.41) is 3.19. The SMILES string of the molecule is COc1ccccc1C[C@@H](C)NC(=O)CC1CCN(C2CCCCC2)CC1. The van der Waals surface area contributed by atoms with Gasteiger partial charge in [-0.3, -0.25) is 4.79 Å². The van der Waals surface area contributed by atoms with Gasteiger partial charge >= 0.3 is 0 Å². The van der Waals surface area contributed by atoms with E-state index in [-0.39, 0.29) is 11.9 Å². The average molecular weight is 373 g/mol. The Kier molecular flexibility index (Phi) is 7.57. The molecular weight excluding hydrogens is 336 g/mol. The summed E-state index contributed by atoms with van der Waals surface area (Å²) in [5.41, 5.74) is 1.15. The fourth-order valence-corrected chi connectivity index (χ4v) is 4.82. The number of nitrogens with zero attached hydrogens (tertiary/aromatic N) is 1. The first kappa shape index (κ1) is 20.2. The van der Waals surface area contributed by atoms with Crippen molar-refractivity contribution in [3.63, 3.8) is 0 Å². The molecule has 1 aliphatic carbocycles. The topological polar surface area (TPSA) is 41.6 Å². The Morgan fingerprint density at radius 3 is 2.56 bits per heavy atom. The van der Waals surface area contributed by atoms with E-state index in [1.54, 1.807) is 7.11 Å². The van der Waals surface area contributed by atoms with Crippen LogP contribution in [0.1, 0.15) is 63.9 Å². The molecule has 1 aromatic rings. The van der Waals surface area contributed by atoms with Crippen molar-refractivity contribution < 1.29 is 9.53 Å². The van der Waals surface area contributed by atoms with Crippen LogP contribution in [0.25, 0.3) is 0 Å². The summed E-state index contributed by atoms with van der Waals surface area (Å²) < 4.78 is 5.42. The van der Waals surface area contributed by atoms with Crippen LogP contribution in [0.4, 0.5) is 0 Å². The van der Waals surface area contributed by atoms with Gasteiger partial charge in [-0.1, -0.05) is 37.5 Å². The van der Waals surface area contributed by atoms with Crippen LogP contribution < -0.4 is 10.1 Å². The fourth-order valence-electron chi connectivity index (χ4n) is 4.82. The van der Waals surface area contributed by atoms with E-state index in [1.165, 1.54) is 58.0 Å². The Morgan fingerprint density at radius 2 is 1.85 bits per heavy atom. The molecule has 2 aliphatic rings. The highest BCUT2D eigenvalue weighted by atomic mass is 16.5. The van der Waals surface area contributed by atoms with Gasteiger partial charge in [-0.15, -0.1) is 0 Å². The zero-order valence-electron chi connectivity index (χ0n) is 17.1. The van der Waals surface area contributed by atoms with Gasteiger partial charge in [0.1, 0.15) is 5.75 Å². The third-order valence-corrected chi connectivity index (χ3v) is 6.34. The second-order valence-electron chi connectivity index (χ2n) is 8.46. The number of hydrogen-bond donors (Lipinski definition) is 1. The van der Waals surface area contributed by atoms with Gasteiger partial charge in [-0.05, 0) is 69.7 Å². The third kappa shape index (κ3) is 5.97. The molecule has 0 unspecified atom stereocenters. The van der Waals surface area contributed by atoms with Gasteiger partial charge in [0.15, 0.2) is 0 Å². The molecule has 0 spiro atoms. The summed E-state index contributed by atoms with van der Waals surface area (Å²) >= 11 is 0. The van der Waals surface area contributed by atoms with E-state index in [0.29, 0.717) is 12.3 Å². The van der Waals surface area contributed by atoms with Crippen molar-refractivity contribution in [3.8, 4) is 5.75 Å². The molecule has 150 valence electrons. The number of para-hydroxylation sites is 1. The number of nitrogens with one attached hydrogen (secondary N) is 1. The van der Waals surface area contributed by atoms with E-state index < -0.39 is 0 Å². The second-order valence-corrected chi connectivity index (χ2v) is 8.46. The van der Waals surface area contributed by atoms with Crippen molar-refractivity contribution in [2.45, 2.75) is 76.8 Å². The Bertz CT molecular complexity index is 590. The van der Waals surface area contributed by atoms with E-state index >= 15 is 0 Å². The van der Waals surface area contributed by atoms with Crippen LogP contribution in [0.3, 0.4) is 0 Å². The van der Waals surface area contributed by atoms with Crippen molar-refractivity contribution >= 4 is 5.91 Å². The zero-order valence-corrected chi connectivity index (χ0v) is 17.1. The maximum absolute atomic E-state index is 12.5. The van der Waals surface area contributed by atoms with Crippen molar-refractivity contribution in [2.24, 2.45) is 5.92 Å². The molecule has 4 heteroatoms. The number of ether oxygens (including phenoxy) is 1. The van der Waals surface area contributed by atoms with Crippen LogP contribution in [-0.4, -0.2) is 43.1 Å². The molecule has 1 saturated carbocycles. The largest absolute Gasteiger partial charge is 0.496 e. The van der Waals surface area contributed by atoms with Gasteiger partial charge in [0.2, 0.25) is 5.91 Å². The summed E-state index contributed by atoms with van der Waals surface area (Å²) in [5.74, 6) is 1.64. The van der Waals surface area contributed by atoms with Crippen LogP contribution in [0.2, 0.25) is 0 Å². The highest BCUT2D eigenvalue weighted by Crippen LogP contribution is 2.28. The molecule has 27 heavy (non-hydrogen) atoms. The number of rotatable bonds is 7. The van der Waals surface area contributed by atoms with Crippen LogP contribution in [0.5, 0.6) is 5.75 Å². The molecule has 2 fully saturated rings. The van der Waals surface area contributed by atoms with Crippen LogP contribution >= 0.6 is 0 Å². The first-order valence-corrected chi connectivity index (χ1v) is 10.8.